The van der Waals surface area contributed by atoms with Crippen LogP contribution in [0.25, 0.3) is 0 Å². The average molecular weight is 258 g/mol. The minimum atomic E-state index is -0.0269. The second-order valence-corrected chi connectivity index (χ2v) is 5.15. The van der Waals surface area contributed by atoms with Gasteiger partial charge in [-0.2, -0.15) is 0 Å². The third-order valence-electron chi connectivity index (χ3n) is 2.56. The highest BCUT2D eigenvalue weighted by Gasteiger charge is 2.14. The van der Waals surface area contributed by atoms with Crippen LogP contribution in [-0.2, 0) is 0 Å². The summed E-state index contributed by atoms with van der Waals surface area (Å²) in [5.74, 6) is 1.92. The molecule has 1 rings (SSSR count). The van der Waals surface area contributed by atoms with Gasteiger partial charge in [0, 0.05) is 12.0 Å². The molecule has 0 aliphatic heterocycles. The van der Waals surface area contributed by atoms with Crippen LogP contribution >= 0.6 is 11.6 Å². The predicted molar refractivity (Wildman–Crippen MR) is 70.5 cm³/mol. The maximum absolute atomic E-state index is 9.27. The first-order valence-electron chi connectivity index (χ1n) is 5.86. The zero-order chi connectivity index (χ0) is 13.0. The van der Waals surface area contributed by atoms with Gasteiger partial charge in [-0.3, -0.25) is 0 Å². The van der Waals surface area contributed by atoms with Crippen molar-refractivity contribution in [3.8, 4) is 0 Å². The van der Waals surface area contributed by atoms with Gasteiger partial charge in [0.25, 0.3) is 0 Å². The van der Waals surface area contributed by atoms with Crippen LogP contribution in [0.15, 0.2) is 6.07 Å². The van der Waals surface area contributed by atoms with E-state index in [9.17, 15) is 5.11 Å². The highest BCUT2D eigenvalue weighted by molar-refractivity contribution is 6.29. The summed E-state index contributed by atoms with van der Waals surface area (Å²) < 4.78 is 0. The van der Waals surface area contributed by atoms with E-state index in [0.29, 0.717) is 22.7 Å². The number of aliphatic hydroxyl groups excluding tert-OH is 1. The number of hydrogen-bond acceptors (Lipinski definition) is 4. The van der Waals surface area contributed by atoms with Crippen LogP contribution in [0, 0.1) is 5.92 Å². The Morgan fingerprint density at radius 1 is 1.29 bits per heavy atom. The van der Waals surface area contributed by atoms with E-state index in [1.54, 1.807) is 6.07 Å². The largest absolute Gasteiger partial charge is 0.394 e. The van der Waals surface area contributed by atoms with Crippen LogP contribution in [0.2, 0.25) is 5.15 Å². The molecule has 1 aromatic rings. The van der Waals surface area contributed by atoms with Crippen LogP contribution in [0.1, 0.15) is 39.4 Å². The Hall–Kier alpha value is -0.870. The first-order valence-corrected chi connectivity index (χ1v) is 6.23. The minimum absolute atomic E-state index is 0.0269. The maximum atomic E-state index is 9.27. The Kier molecular flexibility index (Phi) is 5.15. The molecule has 96 valence electrons. The number of anilines is 1. The number of rotatable bonds is 5. The fourth-order valence-electron chi connectivity index (χ4n) is 1.38. The van der Waals surface area contributed by atoms with E-state index in [0.717, 1.165) is 0 Å². The van der Waals surface area contributed by atoms with E-state index in [1.165, 1.54) is 0 Å². The third kappa shape index (κ3) is 4.13. The number of nitrogens with one attached hydrogen (secondary N) is 1. The second kappa shape index (κ2) is 6.17. The van der Waals surface area contributed by atoms with Crippen molar-refractivity contribution >= 4 is 17.4 Å². The first-order chi connectivity index (χ1) is 7.93. The lowest BCUT2D eigenvalue weighted by Gasteiger charge is -2.21. The average Bonchev–Trinajstić information content (AvgIpc) is 2.24. The summed E-state index contributed by atoms with van der Waals surface area (Å²) in [6.07, 6.45) is 0. The molecule has 1 heterocycles. The van der Waals surface area contributed by atoms with E-state index in [2.05, 4.69) is 15.3 Å². The maximum Gasteiger partial charge on any atom is 0.135 e. The Labute approximate surface area is 107 Å². The molecule has 5 heteroatoms. The molecule has 1 atom stereocenters. The van der Waals surface area contributed by atoms with Gasteiger partial charge in [-0.05, 0) is 5.92 Å². The van der Waals surface area contributed by atoms with Gasteiger partial charge < -0.3 is 10.4 Å². The Bertz CT molecular complexity index is 369. The number of aliphatic hydroxyl groups is 1. The van der Waals surface area contributed by atoms with Gasteiger partial charge in [-0.15, -0.1) is 0 Å². The van der Waals surface area contributed by atoms with Gasteiger partial charge in [0.1, 0.15) is 16.8 Å². The lowest BCUT2D eigenvalue weighted by atomic mass is 10.1. The highest BCUT2D eigenvalue weighted by atomic mass is 35.5. The van der Waals surface area contributed by atoms with E-state index in [1.807, 2.05) is 27.7 Å². The second-order valence-electron chi connectivity index (χ2n) is 4.77. The lowest BCUT2D eigenvalue weighted by molar-refractivity contribution is 0.249. The van der Waals surface area contributed by atoms with Crippen molar-refractivity contribution in [3.63, 3.8) is 0 Å². The molecule has 4 nitrogen and oxygen atoms in total. The number of halogens is 1. The Balaban J connectivity index is 2.90. The summed E-state index contributed by atoms with van der Waals surface area (Å²) in [6.45, 7) is 8.18. The summed E-state index contributed by atoms with van der Waals surface area (Å²) in [5, 5.41) is 12.9. The number of aromatic nitrogens is 2. The lowest BCUT2D eigenvalue weighted by Crippen LogP contribution is -2.30. The van der Waals surface area contributed by atoms with Gasteiger partial charge in [-0.25, -0.2) is 9.97 Å². The topological polar surface area (TPSA) is 58.0 Å². The van der Waals surface area contributed by atoms with Crippen LogP contribution in [-0.4, -0.2) is 27.7 Å². The van der Waals surface area contributed by atoms with Crippen molar-refractivity contribution in [2.75, 3.05) is 11.9 Å². The zero-order valence-corrected chi connectivity index (χ0v) is 11.5. The standard InChI is InChI=1S/C12H20ClN3O/c1-7(2)9(6-17)14-11-5-10(13)15-12(16-11)8(3)4/h5,7-9,17H,6H2,1-4H3,(H,14,15,16). The van der Waals surface area contributed by atoms with Gasteiger partial charge in [0.15, 0.2) is 0 Å². The van der Waals surface area contributed by atoms with Crippen molar-refractivity contribution in [3.05, 3.63) is 17.0 Å². The molecule has 0 aliphatic rings. The smallest absolute Gasteiger partial charge is 0.135 e. The number of nitrogens with zero attached hydrogens (tertiary/aromatic N) is 2. The summed E-state index contributed by atoms with van der Waals surface area (Å²) >= 11 is 5.95. The van der Waals surface area contributed by atoms with Gasteiger partial charge >= 0.3 is 0 Å². The van der Waals surface area contributed by atoms with Crippen LogP contribution in [0.5, 0.6) is 0 Å². The molecule has 0 saturated carbocycles. The van der Waals surface area contributed by atoms with E-state index in [4.69, 9.17) is 11.6 Å². The zero-order valence-electron chi connectivity index (χ0n) is 10.7. The molecule has 0 amide bonds. The van der Waals surface area contributed by atoms with Gasteiger partial charge in [0.05, 0.1) is 12.6 Å². The molecule has 0 aliphatic carbocycles. The van der Waals surface area contributed by atoms with Crippen molar-refractivity contribution in [1.29, 1.82) is 0 Å². The molecule has 0 saturated heterocycles. The van der Waals surface area contributed by atoms with Crippen LogP contribution in [0.4, 0.5) is 5.82 Å². The normalized spacial score (nSPS) is 13.2. The molecule has 0 spiro atoms. The molecule has 1 unspecified atom stereocenters. The fourth-order valence-corrected chi connectivity index (χ4v) is 1.57. The summed E-state index contributed by atoms with van der Waals surface area (Å²) in [6, 6.07) is 1.65. The molecule has 1 aromatic heterocycles. The predicted octanol–water partition coefficient (Wildman–Crippen LogP) is 2.68. The summed E-state index contributed by atoms with van der Waals surface area (Å²) in [7, 11) is 0. The number of hydrogen-bond donors (Lipinski definition) is 2. The van der Waals surface area contributed by atoms with Crippen LogP contribution < -0.4 is 5.32 Å². The van der Waals surface area contributed by atoms with Gasteiger partial charge in [0.2, 0.25) is 0 Å². The Morgan fingerprint density at radius 2 is 1.94 bits per heavy atom. The van der Waals surface area contributed by atoms with Crippen LogP contribution in [0.3, 0.4) is 0 Å². The van der Waals surface area contributed by atoms with E-state index < -0.39 is 0 Å². The summed E-state index contributed by atoms with van der Waals surface area (Å²) in [4.78, 5) is 8.55. The van der Waals surface area contributed by atoms with Crippen molar-refractivity contribution < 1.29 is 5.11 Å². The quantitative estimate of drug-likeness (QED) is 0.797. The fraction of sp³-hybridized carbons (Fsp3) is 0.667. The van der Waals surface area contributed by atoms with E-state index in [-0.39, 0.29) is 18.6 Å². The van der Waals surface area contributed by atoms with Crippen molar-refractivity contribution in [2.24, 2.45) is 5.92 Å². The Morgan fingerprint density at radius 3 is 2.41 bits per heavy atom. The van der Waals surface area contributed by atoms with Crippen molar-refractivity contribution in [2.45, 2.75) is 39.7 Å². The van der Waals surface area contributed by atoms with Crippen molar-refractivity contribution in [1.82, 2.24) is 9.97 Å². The molecule has 2 N–H and O–H groups in total. The SMILES string of the molecule is CC(C)c1nc(Cl)cc(NC(CO)C(C)C)n1. The minimum Gasteiger partial charge on any atom is -0.394 e. The molecular formula is C12H20ClN3O. The first kappa shape index (κ1) is 14.2. The monoisotopic (exact) mass is 257 g/mol. The highest BCUT2D eigenvalue weighted by Crippen LogP contribution is 2.18. The molecule has 0 radical (unpaired) electrons. The van der Waals surface area contributed by atoms with Gasteiger partial charge in [-0.1, -0.05) is 39.3 Å². The molecule has 0 fully saturated rings. The molecular weight excluding hydrogens is 238 g/mol. The molecule has 17 heavy (non-hydrogen) atoms. The van der Waals surface area contributed by atoms with E-state index >= 15 is 0 Å². The third-order valence-corrected chi connectivity index (χ3v) is 2.76. The molecule has 0 bridgehead atoms. The molecule has 0 aromatic carbocycles. The summed E-state index contributed by atoms with van der Waals surface area (Å²) in [5.41, 5.74) is 0.